The van der Waals surface area contributed by atoms with E-state index in [1.807, 2.05) is 81.4 Å². The molecule has 6 atom stereocenters. The molecule has 1 N–H and O–H groups in total. The largest absolute Gasteiger partial charge is 0.588 e. The highest BCUT2D eigenvalue weighted by Crippen LogP contribution is 2.53. The number of hydrogen-bond donors (Lipinski definition) is 1. The number of alkyl halides is 6. The Morgan fingerprint density at radius 2 is 1.02 bits per heavy atom. The van der Waals surface area contributed by atoms with Gasteiger partial charge in [0.1, 0.15) is 49.1 Å². The number of esters is 2. The molecular formula is C70H98Cl6NO15PSi. The summed E-state index contributed by atoms with van der Waals surface area (Å²) in [5.41, 5.74) is -1.78. The lowest BCUT2D eigenvalue weighted by Gasteiger charge is -2.50. The minimum absolute atomic E-state index is 0.0181. The number of nitrogens with one attached hydrogen (secondary N) is 1. The van der Waals surface area contributed by atoms with Crippen LogP contribution in [0.25, 0.3) is 0 Å². The van der Waals surface area contributed by atoms with E-state index in [-0.39, 0.29) is 17.9 Å². The third-order valence-corrected chi connectivity index (χ3v) is 24.2. The summed E-state index contributed by atoms with van der Waals surface area (Å²) in [7, 11) is -8.98. The summed E-state index contributed by atoms with van der Waals surface area (Å²) in [6.07, 6.45) is 10.3. The Labute approximate surface area is 589 Å². The number of benzene rings is 4. The van der Waals surface area contributed by atoms with Gasteiger partial charge in [0.05, 0.1) is 6.42 Å². The van der Waals surface area contributed by atoms with Crippen molar-refractivity contribution in [2.75, 3.05) is 13.2 Å². The molecule has 1 heterocycles. The molecule has 5 rings (SSSR count). The second-order valence-electron chi connectivity index (χ2n) is 25.4. The van der Waals surface area contributed by atoms with Crippen LogP contribution in [0.15, 0.2) is 121 Å². The summed E-state index contributed by atoms with van der Waals surface area (Å²) in [6, 6.07) is 33.1. The molecule has 94 heavy (non-hydrogen) atoms. The number of para-hydroxylation sites is 2. The summed E-state index contributed by atoms with van der Waals surface area (Å²) >= 11 is 37.3. The molecule has 4 aromatic carbocycles. The van der Waals surface area contributed by atoms with Gasteiger partial charge in [-0.3, -0.25) is 14.1 Å². The first kappa shape index (κ1) is 80.7. The molecule has 0 unspecified atom stereocenters. The Bertz CT molecular complexity index is 2790. The first-order valence-electron chi connectivity index (χ1n) is 33.2. The highest BCUT2D eigenvalue weighted by Gasteiger charge is 2.59. The van der Waals surface area contributed by atoms with Gasteiger partial charge in [0, 0.05) is 6.42 Å². The zero-order valence-corrected chi connectivity index (χ0v) is 62.0. The second kappa shape index (κ2) is 40.8. The third-order valence-electron chi connectivity index (χ3n) is 16.1. The van der Waals surface area contributed by atoms with Crippen molar-refractivity contribution in [1.82, 2.24) is 5.32 Å². The summed E-state index contributed by atoms with van der Waals surface area (Å²) in [5, 5.41) is 3.48. The minimum Gasteiger partial charge on any atom is -0.462 e. The number of unbranched alkanes of at least 4 members (excludes halogenated alkanes) is 18. The van der Waals surface area contributed by atoms with Gasteiger partial charge < -0.3 is 47.2 Å². The number of carbonyl (C=O) groups is 4. The smallest absolute Gasteiger partial charge is 0.462 e. The van der Waals surface area contributed by atoms with Crippen LogP contribution >= 0.6 is 77.4 Å². The van der Waals surface area contributed by atoms with E-state index in [9.17, 15) is 14.4 Å². The molecular weight excluding hydrogens is 1370 g/mol. The van der Waals surface area contributed by atoms with Crippen LogP contribution in [0.5, 0.6) is 11.5 Å². The normalized spacial score (nSPS) is 17.5. The van der Waals surface area contributed by atoms with Gasteiger partial charge in [-0.1, -0.05) is 317 Å². The van der Waals surface area contributed by atoms with Crippen molar-refractivity contribution in [3.05, 3.63) is 121 Å². The van der Waals surface area contributed by atoms with Crippen LogP contribution in [0.3, 0.4) is 0 Å². The summed E-state index contributed by atoms with van der Waals surface area (Å²) in [4.78, 5) is 57.8. The van der Waals surface area contributed by atoms with Gasteiger partial charge in [-0.15, -0.1) is 0 Å². The minimum atomic E-state index is -5.13. The molecule has 1 fully saturated rings. The Morgan fingerprint density at radius 3 is 1.47 bits per heavy atom. The Hall–Kier alpha value is -3.97. The van der Waals surface area contributed by atoms with Gasteiger partial charge in [0.25, 0.3) is 8.32 Å². The lowest BCUT2D eigenvalue weighted by molar-refractivity contribution is -0.250. The number of rotatable bonds is 41. The van der Waals surface area contributed by atoms with Gasteiger partial charge >= 0.3 is 32.0 Å². The van der Waals surface area contributed by atoms with Crippen LogP contribution in [0.1, 0.15) is 196 Å². The molecule has 1 aliphatic rings. The highest BCUT2D eigenvalue weighted by atomic mass is 35.6. The molecule has 0 saturated carbocycles. The molecule has 16 nitrogen and oxygen atoms in total. The molecule has 524 valence electrons. The van der Waals surface area contributed by atoms with E-state index in [1.165, 1.54) is 89.5 Å². The molecule has 1 amide bonds. The van der Waals surface area contributed by atoms with Gasteiger partial charge in [-0.05, 0) is 72.8 Å². The fourth-order valence-electron chi connectivity index (χ4n) is 11.1. The second-order valence-corrected chi connectivity index (χ2v) is 35.9. The van der Waals surface area contributed by atoms with Crippen molar-refractivity contribution in [2.45, 2.75) is 251 Å². The van der Waals surface area contributed by atoms with Gasteiger partial charge in [0.15, 0.2) is 18.0 Å². The molecule has 1 aliphatic heterocycles. The van der Waals surface area contributed by atoms with Crippen LogP contribution in [0.2, 0.25) is 5.04 Å². The maximum Gasteiger partial charge on any atom is 0.588 e. The van der Waals surface area contributed by atoms with E-state index < -0.39 is 115 Å². The topological polar surface area (TPSA) is 190 Å². The quantitative estimate of drug-likeness (QED) is 0.0110. The van der Waals surface area contributed by atoms with Crippen LogP contribution in [-0.2, 0) is 51.5 Å². The van der Waals surface area contributed by atoms with Crippen molar-refractivity contribution in [2.24, 2.45) is 0 Å². The number of halogens is 6. The molecule has 24 heteroatoms. The third kappa shape index (κ3) is 28.1. The lowest BCUT2D eigenvalue weighted by atomic mass is 9.96. The van der Waals surface area contributed by atoms with Crippen LogP contribution in [0, 0.1) is 0 Å². The first-order chi connectivity index (χ1) is 44.7. The van der Waals surface area contributed by atoms with Gasteiger partial charge in [-0.25, -0.2) is 14.2 Å². The number of ether oxygens (including phenoxy) is 6. The highest BCUT2D eigenvalue weighted by molar-refractivity contribution is 7.49. The monoisotopic (exact) mass is 1460 g/mol. The van der Waals surface area contributed by atoms with Crippen LogP contribution < -0.4 is 24.7 Å². The van der Waals surface area contributed by atoms with E-state index in [2.05, 4.69) is 19.2 Å². The number of alkyl carbamates (subject to hydrolysis) is 1. The molecule has 0 spiro atoms. The predicted molar refractivity (Wildman–Crippen MR) is 377 cm³/mol. The van der Waals surface area contributed by atoms with Crippen molar-refractivity contribution in [3.8, 4) is 11.5 Å². The zero-order valence-electron chi connectivity index (χ0n) is 55.5. The SMILES string of the molecule is CCCCCCCCCCCCCC(=O)O[C@H](CCCCCCCCCCC)CC(=O)O[C@@H]1[C@@H](NC(=O)OCC(Cl)(Cl)Cl)[C@@H](O[Si](c2ccccc2)(c2ccccc2)C(C)(C)C)O[C@H](COC(=O)OC(C)(C)C(Cl)(Cl)Cl)[C@H]1OP(=O)(Oc1ccccc1)Oc1ccccc1. The number of carbonyl (C=O) groups excluding carboxylic acids is 4. The molecule has 4 aromatic rings. The molecule has 0 aromatic heterocycles. The molecule has 0 aliphatic carbocycles. The average molecular weight is 1470 g/mol. The number of amides is 1. The summed E-state index contributed by atoms with van der Waals surface area (Å²) < 4.78 is 75.2. The van der Waals surface area contributed by atoms with E-state index >= 15 is 9.36 Å². The maximum atomic E-state index is 15.9. The van der Waals surface area contributed by atoms with Crippen LogP contribution in [0.4, 0.5) is 9.59 Å². The standard InChI is InChI=1S/C70H98Cl6NO15PSi/c1-8-10-12-14-16-18-19-21-23-25-39-49-59(78)85-55(44-30-24-22-20-17-15-13-11-9-2)50-60(79)87-63-61(77-65(80)84-52-69(71,72)73)64(92-94(67(3,4)5,56-45-35-28-36-46-56)57-47-37-29-38-48-57)86-58(51-83-66(81)88-68(6,7)70(74,75)76)62(63)91-93(82,89-53-40-31-26-32-41-53)90-54-42-33-27-34-43-54/h26-29,31-38,40-43,45-48,55,58,61-64H,8-25,30,39,44,49-52H2,1-7H3,(H,77,80)/t55-,58-,61-,62-,63-,64-/m1/s1. The molecule has 0 bridgehead atoms. The Kier molecular flexibility index (Phi) is 35.0. The predicted octanol–water partition coefficient (Wildman–Crippen LogP) is 19.5. The average Bonchev–Trinajstić information content (AvgIpc) is 0.736. The fraction of sp³-hybridized carbons (Fsp3) is 0.600. The van der Waals surface area contributed by atoms with Crippen molar-refractivity contribution < 1.29 is 70.2 Å². The van der Waals surface area contributed by atoms with Gasteiger partial charge in [0.2, 0.25) is 7.59 Å². The van der Waals surface area contributed by atoms with Gasteiger partial charge in [-0.2, -0.15) is 0 Å². The van der Waals surface area contributed by atoms with Crippen molar-refractivity contribution >= 4 is 120 Å². The van der Waals surface area contributed by atoms with Crippen molar-refractivity contribution in [1.29, 1.82) is 0 Å². The molecule has 0 radical (unpaired) electrons. The van der Waals surface area contributed by atoms with E-state index in [1.54, 1.807) is 36.4 Å². The molecule has 1 saturated heterocycles. The fourth-order valence-corrected chi connectivity index (χ4v) is 17.4. The first-order valence-corrected chi connectivity index (χ1v) is 38.9. The number of phosphoric acid groups is 1. The zero-order chi connectivity index (χ0) is 68.7. The number of hydrogen-bond acceptors (Lipinski definition) is 15. The van der Waals surface area contributed by atoms with E-state index in [0.717, 1.165) is 74.6 Å². The lowest BCUT2D eigenvalue weighted by Crippen LogP contribution is -2.73. The van der Waals surface area contributed by atoms with Crippen LogP contribution in [-0.4, -0.2) is 95.7 Å². The summed E-state index contributed by atoms with van der Waals surface area (Å²) in [6.45, 7) is 11.5. The maximum absolute atomic E-state index is 15.9. The Morgan fingerprint density at radius 1 is 0.574 bits per heavy atom. The number of phosphoric ester groups is 1. The van der Waals surface area contributed by atoms with Crippen molar-refractivity contribution in [3.63, 3.8) is 0 Å². The summed E-state index contributed by atoms with van der Waals surface area (Å²) in [5.74, 6) is -1.39. The van der Waals surface area contributed by atoms with E-state index in [0.29, 0.717) is 19.3 Å². The Balaban J connectivity index is 1.67. The van der Waals surface area contributed by atoms with E-state index in [4.69, 9.17) is 116 Å².